The lowest BCUT2D eigenvalue weighted by molar-refractivity contribution is -0.239. The fraction of sp³-hybridized carbons (Fsp3) is 0.438. The van der Waals surface area contributed by atoms with Crippen molar-refractivity contribution in [2.75, 3.05) is 5.31 Å². The minimum Gasteiger partial charge on any atom is -0.415 e. The molecule has 3 nitrogen and oxygen atoms in total. The number of nitrogens with one attached hydrogen (secondary N) is 1. The molecule has 1 fully saturated rings. The Morgan fingerprint density at radius 3 is 2.74 bits per heavy atom. The Hall–Kier alpha value is -1.87. The van der Waals surface area contributed by atoms with Crippen molar-refractivity contribution < 1.29 is 24.1 Å². The van der Waals surface area contributed by atoms with Crippen molar-refractivity contribution in [1.29, 1.82) is 0 Å². The number of carbonyl (C=O) groups is 1. The highest BCUT2D eigenvalue weighted by Crippen LogP contribution is 2.49. The van der Waals surface area contributed by atoms with E-state index in [0.29, 0.717) is 12.0 Å². The highest BCUT2D eigenvalue weighted by atomic mass is 35.5. The predicted octanol–water partition coefficient (Wildman–Crippen LogP) is 4.63. The summed E-state index contributed by atoms with van der Waals surface area (Å²) >= 11 is 5.97. The van der Waals surface area contributed by atoms with Crippen LogP contribution < -0.4 is 5.31 Å². The second-order valence-electron chi connectivity index (χ2n) is 5.87. The summed E-state index contributed by atoms with van der Waals surface area (Å²) in [6.45, 7) is 3.45. The van der Waals surface area contributed by atoms with Crippen LogP contribution in [0.3, 0.4) is 0 Å². The summed E-state index contributed by atoms with van der Waals surface area (Å²) in [5.74, 6) is 4.77. The Labute approximate surface area is 137 Å². The minimum absolute atomic E-state index is 0.0790. The molecule has 0 bridgehead atoms. The number of aryl methyl sites for hydroxylation is 1. The third kappa shape index (κ3) is 2.63. The molecule has 1 aliphatic heterocycles. The molecule has 0 spiro atoms. The van der Waals surface area contributed by atoms with Crippen LogP contribution in [0.1, 0.15) is 24.5 Å². The molecule has 122 valence electrons. The zero-order valence-corrected chi connectivity index (χ0v) is 13.0. The molecule has 1 N–H and O–H groups in total. The van der Waals surface area contributed by atoms with Crippen LogP contribution in [0.15, 0.2) is 12.1 Å². The Bertz CT molecular complexity index is 786. The number of halogens is 4. The number of rotatable bonds is 0. The standard InChI is InChI=1S/C16H13ClF3NO2/c1-8-5-10(8)3-4-15(16(18,19)20)11-7-12(17)9(2)6-13(11)21-14(22)23-15/h6-8,10H,5H2,1-2H3,(H,21,22)/t8?,10?,15-/m0/s1/i/hD. The fourth-order valence-corrected chi connectivity index (χ4v) is 2.60. The van der Waals surface area contributed by atoms with E-state index in [2.05, 4.69) is 16.6 Å². The maximum absolute atomic E-state index is 13.9. The van der Waals surface area contributed by atoms with Gasteiger partial charge in [-0.05, 0) is 42.9 Å². The van der Waals surface area contributed by atoms with Gasteiger partial charge in [-0.15, -0.1) is 0 Å². The fourth-order valence-electron chi connectivity index (χ4n) is 2.44. The van der Waals surface area contributed by atoms with E-state index in [9.17, 15) is 18.0 Å². The van der Waals surface area contributed by atoms with E-state index in [-0.39, 0.29) is 27.9 Å². The Morgan fingerprint density at radius 2 is 2.17 bits per heavy atom. The quantitative estimate of drug-likeness (QED) is 0.697. The molecule has 7 heteroatoms. The van der Waals surface area contributed by atoms with Gasteiger partial charge in [0, 0.05) is 16.5 Å². The first kappa shape index (κ1) is 14.7. The Balaban J connectivity index is 2.25. The molecule has 1 amide bonds. The van der Waals surface area contributed by atoms with E-state index in [1.807, 2.05) is 6.92 Å². The molecule has 1 aliphatic carbocycles. The molecule has 1 aromatic carbocycles. The van der Waals surface area contributed by atoms with Crippen LogP contribution in [0.25, 0.3) is 0 Å². The number of ether oxygens (including phenoxy) is 1. The minimum atomic E-state index is -4.97. The van der Waals surface area contributed by atoms with Gasteiger partial charge in [0.05, 0.1) is 5.69 Å². The summed E-state index contributed by atoms with van der Waals surface area (Å²) in [6.07, 6.45) is -5.69. The number of hydrogen-bond acceptors (Lipinski definition) is 2. The van der Waals surface area contributed by atoms with Gasteiger partial charge in [0.25, 0.3) is 5.60 Å². The molecule has 1 aromatic rings. The first-order valence-electron chi connectivity index (χ1n) is 7.43. The van der Waals surface area contributed by atoms with Crippen molar-refractivity contribution in [1.82, 2.24) is 0 Å². The Morgan fingerprint density at radius 1 is 1.52 bits per heavy atom. The van der Waals surface area contributed by atoms with Gasteiger partial charge in [0.2, 0.25) is 0 Å². The highest BCUT2D eigenvalue weighted by Gasteiger charge is 2.62. The van der Waals surface area contributed by atoms with Gasteiger partial charge in [-0.2, -0.15) is 13.2 Å². The topological polar surface area (TPSA) is 38.3 Å². The van der Waals surface area contributed by atoms with E-state index in [0.717, 1.165) is 6.07 Å². The van der Waals surface area contributed by atoms with Gasteiger partial charge >= 0.3 is 12.3 Å². The lowest BCUT2D eigenvalue weighted by atomic mass is 9.89. The van der Waals surface area contributed by atoms with E-state index in [1.165, 1.54) is 6.07 Å². The van der Waals surface area contributed by atoms with Crippen LogP contribution in [0, 0.1) is 30.6 Å². The molecule has 3 rings (SSSR count). The number of anilines is 1. The van der Waals surface area contributed by atoms with Gasteiger partial charge in [0.1, 0.15) is 0 Å². The third-order valence-corrected chi connectivity index (χ3v) is 4.46. The average Bonchev–Trinajstić information content (AvgIpc) is 3.18. The van der Waals surface area contributed by atoms with Gasteiger partial charge < -0.3 is 4.74 Å². The first-order valence-corrected chi connectivity index (χ1v) is 7.36. The second-order valence-corrected chi connectivity index (χ2v) is 6.27. The highest BCUT2D eigenvalue weighted by molar-refractivity contribution is 6.31. The zero-order chi connectivity index (χ0) is 17.9. The van der Waals surface area contributed by atoms with Crippen LogP contribution in [0.5, 0.6) is 0 Å². The van der Waals surface area contributed by atoms with E-state index in [1.54, 1.807) is 6.92 Å². The maximum atomic E-state index is 13.9. The van der Waals surface area contributed by atoms with Crippen molar-refractivity contribution in [2.45, 2.75) is 32.0 Å². The second kappa shape index (κ2) is 5.07. The maximum Gasteiger partial charge on any atom is 0.445 e. The summed E-state index contributed by atoms with van der Waals surface area (Å²) in [5.41, 5.74) is -3.34. The molecular weight excluding hydrogens is 331 g/mol. The lowest BCUT2D eigenvalue weighted by Crippen LogP contribution is -2.49. The van der Waals surface area contributed by atoms with Crippen molar-refractivity contribution in [3.05, 3.63) is 28.3 Å². The predicted molar refractivity (Wildman–Crippen MR) is 79.1 cm³/mol. The molecule has 2 unspecified atom stereocenters. The normalized spacial score (nSPS) is 29.9. The smallest absolute Gasteiger partial charge is 0.415 e. The molecule has 0 radical (unpaired) electrons. The summed E-state index contributed by atoms with van der Waals surface area (Å²) < 4.78 is 53.9. The summed E-state index contributed by atoms with van der Waals surface area (Å²) in [6, 6.07) is 2.33. The van der Waals surface area contributed by atoms with E-state index < -0.39 is 23.4 Å². The number of hydrogen-bond donors (Lipinski definition) is 1. The number of fused-ring (bicyclic) bond motifs is 1. The average molecular weight is 345 g/mol. The van der Waals surface area contributed by atoms with E-state index >= 15 is 0 Å². The third-order valence-electron chi connectivity index (χ3n) is 4.05. The van der Waals surface area contributed by atoms with Crippen molar-refractivity contribution in [3.8, 4) is 11.8 Å². The van der Waals surface area contributed by atoms with Crippen LogP contribution in [0.2, 0.25) is 6.43 Å². The molecule has 2 aliphatic rings. The van der Waals surface area contributed by atoms with Crippen LogP contribution in [0.4, 0.5) is 23.7 Å². The van der Waals surface area contributed by atoms with E-state index in [4.69, 9.17) is 13.0 Å². The summed E-state index contributed by atoms with van der Waals surface area (Å²) in [5, 5.41) is 0.361. The number of benzene rings is 1. The molecular formula is C16H13ClF3NO2. The van der Waals surface area contributed by atoms with Crippen molar-refractivity contribution >= 4 is 23.4 Å². The van der Waals surface area contributed by atoms with Crippen LogP contribution in [-0.4, -0.2) is 12.3 Å². The number of alkyl halides is 3. The lowest BCUT2D eigenvalue weighted by Gasteiger charge is -2.36. The van der Waals surface area contributed by atoms with Gasteiger partial charge in [-0.3, -0.25) is 5.31 Å². The first-order chi connectivity index (χ1) is 11.1. The number of carbonyl (C=O) groups excluding carboxylic acids is 1. The van der Waals surface area contributed by atoms with Crippen LogP contribution >= 0.6 is 11.6 Å². The summed E-state index contributed by atoms with van der Waals surface area (Å²) in [7, 11) is 0. The van der Waals surface area contributed by atoms with Crippen LogP contribution in [-0.2, 0) is 10.3 Å². The summed E-state index contributed by atoms with van der Waals surface area (Å²) in [4.78, 5) is 11.9. The SMILES string of the molecule is [2H]N1C(=O)O[C@](C#CC2CC2C)(C(F)(F)F)c2cc(Cl)c(C)cc21. The molecule has 1 saturated carbocycles. The monoisotopic (exact) mass is 344 g/mol. The molecule has 0 saturated heterocycles. The van der Waals surface area contributed by atoms with Crippen molar-refractivity contribution in [3.63, 3.8) is 0 Å². The van der Waals surface area contributed by atoms with Crippen molar-refractivity contribution in [2.24, 2.45) is 11.8 Å². The number of cyclic esters (lactones) is 1. The molecule has 1 heterocycles. The van der Waals surface area contributed by atoms with Gasteiger partial charge in [-0.25, -0.2) is 4.79 Å². The Kier molecular flexibility index (Phi) is 3.24. The molecule has 3 atom stereocenters. The molecule has 0 aromatic heterocycles. The zero-order valence-electron chi connectivity index (χ0n) is 13.3. The largest absolute Gasteiger partial charge is 0.445 e. The molecule has 23 heavy (non-hydrogen) atoms. The van der Waals surface area contributed by atoms with Gasteiger partial charge in [0.15, 0.2) is 1.41 Å². The van der Waals surface area contributed by atoms with Gasteiger partial charge in [-0.1, -0.05) is 24.4 Å². The number of amides is 1.